The van der Waals surface area contributed by atoms with Crippen LogP contribution in [-0.2, 0) is 6.54 Å². The molecule has 0 unspecified atom stereocenters. The summed E-state index contributed by atoms with van der Waals surface area (Å²) in [5.74, 6) is 0.0603. The highest BCUT2D eigenvalue weighted by Crippen LogP contribution is 2.23. The van der Waals surface area contributed by atoms with Crippen molar-refractivity contribution in [2.24, 2.45) is 0 Å². The van der Waals surface area contributed by atoms with E-state index >= 15 is 0 Å². The van der Waals surface area contributed by atoms with Crippen molar-refractivity contribution in [2.45, 2.75) is 26.3 Å². The largest absolute Gasteiger partial charge is 0.339 e. The Bertz CT molecular complexity index is 769. The number of urea groups is 1. The Labute approximate surface area is 162 Å². The maximum absolute atomic E-state index is 12.5. The van der Waals surface area contributed by atoms with E-state index in [9.17, 15) is 9.59 Å². The van der Waals surface area contributed by atoms with Gasteiger partial charge in [0, 0.05) is 35.8 Å². The molecule has 0 radical (unpaired) electrons. The first-order valence-corrected chi connectivity index (χ1v) is 9.95. The molecule has 0 atom stereocenters. The first-order valence-electron chi connectivity index (χ1n) is 8.76. The molecule has 1 fully saturated rings. The van der Waals surface area contributed by atoms with Gasteiger partial charge in [-0.05, 0) is 56.2 Å². The standard InChI is InChI=1S/C19H22ClN3O2S/c1-2-22(13-16-9-10-17(20)26-16)19(25)21-15-7-5-14(6-8-15)18(24)23-11-3-4-12-23/h5-10H,2-4,11-13H2,1H3,(H,21,25). The van der Waals surface area contributed by atoms with Crippen LogP contribution < -0.4 is 5.32 Å². The van der Waals surface area contributed by atoms with Gasteiger partial charge in [-0.1, -0.05) is 11.6 Å². The topological polar surface area (TPSA) is 52.7 Å². The molecule has 0 bridgehead atoms. The van der Waals surface area contributed by atoms with Gasteiger partial charge in [0.15, 0.2) is 0 Å². The van der Waals surface area contributed by atoms with Gasteiger partial charge in [-0.15, -0.1) is 11.3 Å². The molecule has 3 amide bonds. The van der Waals surface area contributed by atoms with Crippen LogP contribution in [0.2, 0.25) is 4.34 Å². The molecule has 1 N–H and O–H groups in total. The summed E-state index contributed by atoms with van der Waals surface area (Å²) in [6.45, 7) is 4.70. The van der Waals surface area contributed by atoms with Crippen molar-refractivity contribution in [3.05, 3.63) is 51.2 Å². The second-order valence-corrected chi connectivity index (χ2v) is 8.03. The quantitative estimate of drug-likeness (QED) is 0.803. The van der Waals surface area contributed by atoms with Crippen LogP contribution in [-0.4, -0.2) is 41.4 Å². The SMILES string of the molecule is CCN(Cc1ccc(Cl)s1)C(=O)Nc1ccc(C(=O)N2CCCC2)cc1. The summed E-state index contributed by atoms with van der Waals surface area (Å²) in [5.41, 5.74) is 1.33. The van der Waals surface area contributed by atoms with E-state index in [0.29, 0.717) is 24.3 Å². The number of benzene rings is 1. The van der Waals surface area contributed by atoms with Crippen molar-refractivity contribution >= 4 is 40.6 Å². The summed E-state index contributed by atoms with van der Waals surface area (Å²) in [5, 5.41) is 2.89. The first-order chi connectivity index (χ1) is 12.6. The Morgan fingerprint density at radius 2 is 1.85 bits per heavy atom. The number of hydrogen-bond donors (Lipinski definition) is 1. The van der Waals surface area contributed by atoms with Crippen molar-refractivity contribution in [3.8, 4) is 0 Å². The minimum atomic E-state index is -0.171. The van der Waals surface area contributed by atoms with Gasteiger partial charge in [-0.2, -0.15) is 0 Å². The predicted octanol–water partition coefficient (Wildman–Crippen LogP) is 4.69. The zero-order chi connectivity index (χ0) is 18.5. The van der Waals surface area contributed by atoms with Gasteiger partial charge in [0.2, 0.25) is 0 Å². The zero-order valence-corrected chi connectivity index (χ0v) is 16.3. The van der Waals surface area contributed by atoms with E-state index in [1.807, 2.05) is 24.0 Å². The molecule has 0 saturated carbocycles. The number of halogens is 1. The van der Waals surface area contributed by atoms with Gasteiger partial charge in [0.25, 0.3) is 5.91 Å². The highest BCUT2D eigenvalue weighted by atomic mass is 35.5. The number of nitrogens with zero attached hydrogens (tertiary/aromatic N) is 2. The van der Waals surface area contributed by atoms with Crippen LogP contribution in [0.1, 0.15) is 35.0 Å². The van der Waals surface area contributed by atoms with Crippen LogP contribution in [0.5, 0.6) is 0 Å². The number of carbonyl (C=O) groups is 2. The lowest BCUT2D eigenvalue weighted by Gasteiger charge is -2.21. The van der Waals surface area contributed by atoms with Crippen molar-refractivity contribution in [1.82, 2.24) is 9.80 Å². The molecule has 0 aliphatic carbocycles. The van der Waals surface area contributed by atoms with Gasteiger partial charge >= 0.3 is 6.03 Å². The minimum absolute atomic E-state index is 0.0603. The molecular weight excluding hydrogens is 370 g/mol. The predicted molar refractivity (Wildman–Crippen MR) is 106 cm³/mol. The van der Waals surface area contributed by atoms with E-state index in [4.69, 9.17) is 11.6 Å². The van der Waals surface area contributed by atoms with Crippen LogP contribution >= 0.6 is 22.9 Å². The monoisotopic (exact) mass is 391 g/mol. The number of anilines is 1. The maximum Gasteiger partial charge on any atom is 0.322 e. The van der Waals surface area contributed by atoms with E-state index in [1.165, 1.54) is 11.3 Å². The third-order valence-electron chi connectivity index (χ3n) is 4.42. The fourth-order valence-electron chi connectivity index (χ4n) is 2.95. The summed E-state index contributed by atoms with van der Waals surface area (Å²) >= 11 is 7.43. The summed E-state index contributed by atoms with van der Waals surface area (Å²) in [6, 6.07) is 10.7. The van der Waals surface area contributed by atoms with Gasteiger partial charge in [-0.25, -0.2) is 4.79 Å². The molecule has 1 aromatic heterocycles. The zero-order valence-electron chi connectivity index (χ0n) is 14.7. The molecule has 2 aromatic rings. The van der Waals surface area contributed by atoms with Gasteiger partial charge in [0.05, 0.1) is 10.9 Å². The number of amides is 3. The van der Waals surface area contributed by atoms with Crippen molar-refractivity contribution in [3.63, 3.8) is 0 Å². The molecule has 2 heterocycles. The Morgan fingerprint density at radius 1 is 1.15 bits per heavy atom. The van der Waals surface area contributed by atoms with Crippen LogP contribution in [0.4, 0.5) is 10.5 Å². The van der Waals surface area contributed by atoms with Crippen LogP contribution in [0.15, 0.2) is 36.4 Å². The summed E-state index contributed by atoms with van der Waals surface area (Å²) in [6.07, 6.45) is 2.14. The smallest absolute Gasteiger partial charge is 0.322 e. The third-order valence-corrected chi connectivity index (χ3v) is 5.64. The fraction of sp³-hybridized carbons (Fsp3) is 0.368. The number of thiophene rings is 1. The molecule has 138 valence electrons. The van der Waals surface area contributed by atoms with Crippen LogP contribution in [0.25, 0.3) is 0 Å². The van der Waals surface area contributed by atoms with E-state index < -0.39 is 0 Å². The van der Waals surface area contributed by atoms with Crippen molar-refractivity contribution in [2.75, 3.05) is 25.0 Å². The summed E-state index contributed by atoms with van der Waals surface area (Å²) in [7, 11) is 0. The molecule has 5 nitrogen and oxygen atoms in total. The number of nitrogens with one attached hydrogen (secondary N) is 1. The molecule has 1 aromatic carbocycles. The summed E-state index contributed by atoms with van der Waals surface area (Å²) in [4.78, 5) is 29.5. The molecule has 1 aliphatic rings. The second kappa shape index (κ2) is 8.56. The molecule has 1 saturated heterocycles. The average Bonchev–Trinajstić information content (AvgIpc) is 3.31. The Morgan fingerprint density at radius 3 is 2.42 bits per heavy atom. The maximum atomic E-state index is 12.5. The minimum Gasteiger partial charge on any atom is -0.339 e. The van der Waals surface area contributed by atoms with Crippen LogP contribution in [0.3, 0.4) is 0 Å². The van der Waals surface area contributed by atoms with Gasteiger partial charge in [0.1, 0.15) is 0 Å². The second-order valence-electron chi connectivity index (χ2n) is 6.23. The normalized spacial score (nSPS) is 13.7. The lowest BCUT2D eigenvalue weighted by Crippen LogP contribution is -2.34. The summed E-state index contributed by atoms with van der Waals surface area (Å²) < 4.78 is 0.717. The van der Waals surface area contributed by atoms with E-state index in [1.54, 1.807) is 29.2 Å². The highest BCUT2D eigenvalue weighted by molar-refractivity contribution is 7.16. The average molecular weight is 392 g/mol. The van der Waals surface area contributed by atoms with Crippen molar-refractivity contribution < 1.29 is 9.59 Å². The Hall–Kier alpha value is -2.05. The molecule has 26 heavy (non-hydrogen) atoms. The lowest BCUT2D eigenvalue weighted by atomic mass is 10.2. The van der Waals surface area contributed by atoms with Crippen molar-refractivity contribution in [1.29, 1.82) is 0 Å². The number of likely N-dealkylation sites (tertiary alicyclic amines) is 1. The van der Waals surface area contributed by atoms with Gasteiger partial charge < -0.3 is 15.1 Å². The number of carbonyl (C=O) groups excluding carboxylic acids is 2. The van der Waals surface area contributed by atoms with E-state index in [0.717, 1.165) is 35.1 Å². The molecule has 1 aliphatic heterocycles. The molecular formula is C19H22ClN3O2S. The molecule has 7 heteroatoms. The molecule has 0 spiro atoms. The Kier molecular flexibility index (Phi) is 6.16. The highest BCUT2D eigenvalue weighted by Gasteiger charge is 2.19. The first kappa shape index (κ1) is 18.7. The van der Waals surface area contributed by atoms with E-state index in [-0.39, 0.29) is 11.9 Å². The van der Waals surface area contributed by atoms with E-state index in [2.05, 4.69) is 5.32 Å². The van der Waals surface area contributed by atoms with Crippen LogP contribution in [0, 0.1) is 0 Å². The van der Waals surface area contributed by atoms with Gasteiger partial charge in [-0.3, -0.25) is 4.79 Å². The molecule has 3 rings (SSSR count). The lowest BCUT2D eigenvalue weighted by molar-refractivity contribution is 0.0793. The number of rotatable bonds is 5. The fourth-order valence-corrected chi connectivity index (χ4v) is 4.06. The Balaban J connectivity index is 1.60. The third kappa shape index (κ3) is 4.56. The number of hydrogen-bond acceptors (Lipinski definition) is 3.